The van der Waals surface area contributed by atoms with Gasteiger partial charge in [0.15, 0.2) is 5.78 Å². The maximum atomic E-state index is 12.0. The lowest BCUT2D eigenvalue weighted by molar-refractivity contribution is -0.116. The van der Waals surface area contributed by atoms with Crippen LogP contribution in [0, 0.1) is 0 Å². The largest absolute Gasteiger partial charge is 0.339 e. The minimum Gasteiger partial charge on any atom is -0.339 e. The van der Waals surface area contributed by atoms with Crippen LogP contribution < -0.4 is 5.32 Å². The minimum absolute atomic E-state index is 0.0510. The Labute approximate surface area is 144 Å². The minimum atomic E-state index is -0.193. The molecule has 3 aromatic rings. The number of benzene rings is 1. The van der Waals surface area contributed by atoms with E-state index >= 15 is 0 Å². The van der Waals surface area contributed by atoms with E-state index in [0.717, 1.165) is 5.56 Å². The van der Waals surface area contributed by atoms with Gasteiger partial charge in [-0.15, -0.1) is 0 Å². The Morgan fingerprint density at radius 1 is 1.20 bits per heavy atom. The Morgan fingerprint density at radius 2 is 2.08 bits per heavy atom. The summed E-state index contributed by atoms with van der Waals surface area (Å²) in [6.07, 6.45) is 3.82. The van der Waals surface area contributed by atoms with Gasteiger partial charge in [-0.3, -0.25) is 14.6 Å². The average Bonchev–Trinajstić information content (AvgIpc) is 3.10. The molecule has 1 N–H and O–H groups in total. The van der Waals surface area contributed by atoms with E-state index in [9.17, 15) is 9.59 Å². The predicted octanol–water partition coefficient (Wildman–Crippen LogP) is 2.91. The van der Waals surface area contributed by atoms with E-state index < -0.39 is 0 Å². The van der Waals surface area contributed by atoms with Crippen molar-refractivity contribution in [3.05, 3.63) is 60.2 Å². The number of Topliss-reactive ketones (excluding diaryl/α,β-unsaturated/α-hetero) is 1. The molecular formula is C18H16N4O3. The zero-order valence-corrected chi connectivity index (χ0v) is 13.6. The molecule has 0 aliphatic rings. The summed E-state index contributed by atoms with van der Waals surface area (Å²) >= 11 is 0. The summed E-state index contributed by atoms with van der Waals surface area (Å²) in [4.78, 5) is 31.7. The molecule has 7 heteroatoms. The van der Waals surface area contributed by atoms with E-state index in [1.54, 1.807) is 42.7 Å². The number of carbonyl (C=O) groups excluding carboxylic acids is 2. The van der Waals surface area contributed by atoms with Crippen molar-refractivity contribution in [2.24, 2.45) is 0 Å². The predicted molar refractivity (Wildman–Crippen MR) is 90.9 cm³/mol. The molecule has 7 nitrogen and oxygen atoms in total. The number of nitrogens with one attached hydrogen (secondary N) is 1. The van der Waals surface area contributed by atoms with Crippen LogP contribution in [0.15, 0.2) is 53.3 Å². The molecule has 0 radical (unpaired) electrons. The first-order valence-corrected chi connectivity index (χ1v) is 7.75. The Hall–Kier alpha value is -3.35. The van der Waals surface area contributed by atoms with Crippen LogP contribution in [0.3, 0.4) is 0 Å². The van der Waals surface area contributed by atoms with Crippen molar-refractivity contribution in [2.45, 2.75) is 19.8 Å². The van der Waals surface area contributed by atoms with Crippen LogP contribution in [-0.4, -0.2) is 26.8 Å². The molecule has 0 aliphatic heterocycles. The lowest BCUT2D eigenvalue weighted by Crippen LogP contribution is -2.12. The molecule has 25 heavy (non-hydrogen) atoms. The van der Waals surface area contributed by atoms with Crippen molar-refractivity contribution in [3.8, 4) is 11.4 Å². The number of pyridine rings is 1. The number of aromatic nitrogens is 3. The topological polar surface area (TPSA) is 98.0 Å². The number of carbonyl (C=O) groups is 2. The zero-order chi connectivity index (χ0) is 17.6. The van der Waals surface area contributed by atoms with E-state index in [0.29, 0.717) is 29.4 Å². The van der Waals surface area contributed by atoms with Gasteiger partial charge in [0.05, 0.1) is 0 Å². The van der Waals surface area contributed by atoms with Crippen molar-refractivity contribution in [3.63, 3.8) is 0 Å². The van der Waals surface area contributed by atoms with Crippen LogP contribution in [0.1, 0.15) is 29.6 Å². The summed E-state index contributed by atoms with van der Waals surface area (Å²) in [7, 11) is 0. The molecule has 0 spiro atoms. The van der Waals surface area contributed by atoms with Crippen molar-refractivity contribution >= 4 is 17.4 Å². The third kappa shape index (κ3) is 4.35. The average molecular weight is 336 g/mol. The van der Waals surface area contributed by atoms with Gasteiger partial charge in [0.25, 0.3) is 0 Å². The number of hydrogen-bond acceptors (Lipinski definition) is 6. The highest BCUT2D eigenvalue weighted by Crippen LogP contribution is 2.15. The first-order valence-electron chi connectivity index (χ1n) is 7.75. The second kappa shape index (κ2) is 7.48. The zero-order valence-electron chi connectivity index (χ0n) is 13.6. The van der Waals surface area contributed by atoms with Crippen molar-refractivity contribution in [1.29, 1.82) is 0 Å². The normalized spacial score (nSPS) is 10.4. The van der Waals surface area contributed by atoms with Crippen LogP contribution in [0.4, 0.5) is 5.69 Å². The van der Waals surface area contributed by atoms with Gasteiger partial charge in [0.2, 0.25) is 17.6 Å². The highest BCUT2D eigenvalue weighted by Gasteiger charge is 2.11. The smallest absolute Gasteiger partial charge is 0.227 e. The summed E-state index contributed by atoms with van der Waals surface area (Å²) < 4.78 is 5.16. The maximum Gasteiger partial charge on any atom is 0.227 e. The van der Waals surface area contributed by atoms with Gasteiger partial charge in [-0.2, -0.15) is 4.98 Å². The number of hydrogen-bond donors (Lipinski definition) is 1. The molecule has 0 saturated heterocycles. The first-order chi connectivity index (χ1) is 12.1. The van der Waals surface area contributed by atoms with E-state index in [-0.39, 0.29) is 18.1 Å². The second-order valence-electron chi connectivity index (χ2n) is 5.44. The molecule has 0 unspecified atom stereocenters. The standard InChI is InChI=1S/C18H16N4O3/c1-12(23)13-4-2-6-15(10-13)20-16(24)7-8-17-21-18(22-25-17)14-5-3-9-19-11-14/h2-6,9-11H,7-8H2,1H3,(H,20,24). The second-order valence-corrected chi connectivity index (χ2v) is 5.44. The fourth-order valence-electron chi connectivity index (χ4n) is 2.23. The van der Waals surface area contributed by atoms with Crippen molar-refractivity contribution < 1.29 is 14.1 Å². The van der Waals surface area contributed by atoms with E-state index in [1.165, 1.54) is 6.92 Å². The Morgan fingerprint density at radius 3 is 2.84 bits per heavy atom. The number of nitrogens with zero attached hydrogens (tertiary/aromatic N) is 3. The first kappa shape index (κ1) is 16.5. The summed E-state index contributed by atoms with van der Waals surface area (Å²) in [5.74, 6) is 0.580. The quantitative estimate of drug-likeness (QED) is 0.695. The van der Waals surface area contributed by atoms with Gasteiger partial charge in [-0.25, -0.2) is 0 Å². The molecule has 0 saturated carbocycles. The van der Waals surface area contributed by atoms with E-state index in [1.807, 2.05) is 6.07 Å². The Balaban J connectivity index is 1.57. The number of ketones is 1. The van der Waals surface area contributed by atoms with E-state index in [2.05, 4.69) is 20.4 Å². The third-order valence-corrected chi connectivity index (χ3v) is 3.51. The summed E-state index contributed by atoms with van der Waals surface area (Å²) in [5, 5.41) is 6.64. The van der Waals surface area contributed by atoms with Crippen LogP contribution in [-0.2, 0) is 11.2 Å². The van der Waals surface area contributed by atoms with Gasteiger partial charge in [-0.1, -0.05) is 17.3 Å². The molecule has 3 rings (SSSR count). The fraction of sp³-hybridized carbons (Fsp3) is 0.167. The molecule has 0 atom stereocenters. The number of anilines is 1. The molecule has 1 aromatic carbocycles. The molecule has 2 aromatic heterocycles. The third-order valence-electron chi connectivity index (χ3n) is 3.51. The molecular weight excluding hydrogens is 320 g/mol. The molecule has 0 bridgehead atoms. The van der Waals surface area contributed by atoms with Crippen molar-refractivity contribution in [1.82, 2.24) is 15.1 Å². The van der Waals surface area contributed by atoms with E-state index in [4.69, 9.17) is 4.52 Å². The number of rotatable bonds is 6. The Kier molecular flexibility index (Phi) is 4.94. The fourth-order valence-corrected chi connectivity index (χ4v) is 2.23. The summed E-state index contributed by atoms with van der Waals surface area (Å²) in [6, 6.07) is 10.4. The van der Waals surface area contributed by atoms with Gasteiger partial charge in [0.1, 0.15) is 0 Å². The molecule has 126 valence electrons. The number of aryl methyl sites for hydroxylation is 1. The van der Waals surface area contributed by atoms with Crippen LogP contribution in [0.5, 0.6) is 0 Å². The van der Waals surface area contributed by atoms with Crippen LogP contribution in [0.25, 0.3) is 11.4 Å². The number of amides is 1. The van der Waals surface area contributed by atoms with Crippen molar-refractivity contribution in [2.75, 3.05) is 5.32 Å². The molecule has 2 heterocycles. The highest BCUT2D eigenvalue weighted by atomic mass is 16.5. The summed E-state index contributed by atoms with van der Waals surface area (Å²) in [5.41, 5.74) is 1.89. The SMILES string of the molecule is CC(=O)c1cccc(NC(=O)CCc2nc(-c3cccnc3)no2)c1. The van der Waals surface area contributed by atoms with Crippen LogP contribution in [0.2, 0.25) is 0 Å². The summed E-state index contributed by atoms with van der Waals surface area (Å²) in [6.45, 7) is 1.48. The van der Waals surface area contributed by atoms with Gasteiger partial charge in [0, 0.05) is 42.0 Å². The van der Waals surface area contributed by atoms with Gasteiger partial charge in [-0.05, 0) is 31.2 Å². The maximum absolute atomic E-state index is 12.0. The monoisotopic (exact) mass is 336 g/mol. The molecule has 1 amide bonds. The lowest BCUT2D eigenvalue weighted by Gasteiger charge is -2.05. The highest BCUT2D eigenvalue weighted by molar-refractivity contribution is 5.97. The van der Waals surface area contributed by atoms with Gasteiger partial charge >= 0.3 is 0 Å². The van der Waals surface area contributed by atoms with Gasteiger partial charge < -0.3 is 9.84 Å². The molecule has 0 fully saturated rings. The lowest BCUT2D eigenvalue weighted by atomic mass is 10.1. The van der Waals surface area contributed by atoms with Crippen LogP contribution >= 0.6 is 0 Å². The Bertz CT molecular complexity index is 890. The molecule has 0 aliphatic carbocycles.